The maximum atomic E-state index is 12.2. The molecule has 0 saturated carbocycles. The van der Waals surface area contributed by atoms with E-state index in [4.69, 9.17) is 0 Å². The van der Waals surface area contributed by atoms with E-state index in [1.807, 2.05) is 41.2 Å². The molecule has 0 aliphatic rings. The molecule has 7 nitrogen and oxygen atoms in total. The van der Waals surface area contributed by atoms with Crippen LogP contribution >= 0.6 is 0 Å². The maximum Gasteiger partial charge on any atom is 0.273 e. The van der Waals surface area contributed by atoms with E-state index in [-0.39, 0.29) is 18.0 Å². The third-order valence-electron chi connectivity index (χ3n) is 3.92. The SMILES string of the molecule is O=C(Cc1ccccc1[N+](=O)[O-])NCc1cccc(Cn2cccn2)c1. The molecule has 0 aliphatic carbocycles. The summed E-state index contributed by atoms with van der Waals surface area (Å²) in [5.74, 6) is -0.253. The Hall–Kier alpha value is -3.48. The van der Waals surface area contributed by atoms with Gasteiger partial charge >= 0.3 is 0 Å². The number of nitrogens with one attached hydrogen (secondary N) is 1. The van der Waals surface area contributed by atoms with Gasteiger partial charge in [0.2, 0.25) is 5.91 Å². The average Bonchev–Trinajstić information content (AvgIpc) is 3.13. The minimum absolute atomic E-state index is 0.0237. The minimum atomic E-state index is -0.471. The van der Waals surface area contributed by atoms with Crippen molar-refractivity contribution in [3.63, 3.8) is 0 Å². The molecule has 0 unspecified atom stereocenters. The first-order valence-electron chi connectivity index (χ1n) is 8.16. The van der Waals surface area contributed by atoms with E-state index in [2.05, 4.69) is 10.4 Å². The number of carbonyl (C=O) groups excluding carboxylic acids is 1. The number of carbonyl (C=O) groups is 1. The van der Waals surface area contributed by atoms with Crippen molar-refractivity contribution in [3.05, 3.63) is 93.8 Å². The highest BCUT2D eigenvalue weighted by atomic mass is 16.6. The van der Waals surface area contributed by atoms with Crippen LogP contribution in [0.3, 0.4) is 0 Å². The van der Waals surface area contributed by atoms with Crippen molar-refractivity contribution in [1.82, 2.24) is 15.1 Å². The normalized spacial score (nSPS) is 10.5. The van der Waals surface area contributed by atoms with Gasteiger partial charge in [-0.3, -0.25) is 19.6 Å². The van der Waals surface area contributed by atoms with Gasteiger partial charge in [0.05, 0.1) is 17.9 Å². The van der Waals surface area contributed by atoms with Crippen LogP contribution in [0.1, 0.15) is 16.7 Å². The van der Waals surface area contributed by atoms with Crippen molar-refractivity contribution >= 4 is 11.6 Å². The molecule has 0 saturated heterocycles. The number of nitrogens with zero attached hydrogens (tertiary/aromatic N) is 3. The summed E-state index contributed by atoms with van der Waals surface area (Å²) in [7, 11) is 0. The Morgan fingerprint density at radius 1 is 1.12 bits per heavy atom. The van der Waals surface area contributed by atoms with Crippen LogP contribution in [0.15, 0.2) is 67.0 Å². The lowest BCUT2D eigenvalue weighted by atomic mass is 10.1. The van der Waals surface area contributed by atoms with Crippen LogP contribution in [-0.4, -0.2) is 20.6 Å². The molecule has 26 heavy (non-hydrogen) atoms. The summed E-state index contributed by atoms with van der Waals surface area (Å²) in [6.07, 6.45) is 3.60. The van der Waals surface area contributed by atoms with Crippen LogP contribution in [0.25, 0.3) is 0 Å². The van der Waals surface area contributed by atoms with Gasteiger partial charge in [-0.15, -0.1) is 0 Å². The van der Waals surface area contributed by atoms with Crippen molar-refractivity contribution in [3.8, 4) is 0 Å². The van der Waals surface area contributed by atoms with Crippen LogP contribution in [0, 0.1) is 10.1 Å². The Labute approximate surface area is 150 Å². The highest BCUT2D eigenvalue weighted by Crippen LogP contribution is 2.18. The molecule has 0 bridgehead atoms. The molecule has 132 valence electrons. The highest BCUT2D eigenvalue weighted by Gasteiger charge is 2.15. The van der Waals surface area contributed by atoms with E-state index in [9.17, 15) is 14.9 Å². The van der Waals surface area contributed by atoms with Crippen LogP contribution < -0.4 is 5.32 Å². The van der Waals surface area contributed by atoms with E-state index in [1.165, 1.54) is 6.07 Å². The van der Waals surface area contributed by atoms with Gasteiger partial charge < -0.3 is 5.32 Å². The summed E-state index contributed by atoms with van der Waals surface area (Å²) in [4.78, 5) is 22.7. The lowest BCUT2D eigenvalue weighted by Gasteiger charge is -2.08. The topological polar surface area (TPSA) is 90.1 Å². The van der Waals surface area contributed by atoms with Crippen LogP contribution in [0.5, 0.6) is 0 Å². The standard InChI is InChI=1S/C19H18N4O3/c24-19(12-17-7-1-2-8-18(17)23(25)26)20-13-15-5-3-6-16(11-15)14-22-10-4-9-21-22/h1-11H,12-14H2,(H,20,24). The molecule has 7 heteroatoms. The van der Waals surface area contributed by atoms with Gasteiger partial charge in [-0.25, -0.2) is 0 Å². The first kappa shape index (κ1) is 17.3. The van der Waals surface area contributed by atoms with Gasteiger partial charge in [0.25, 0.3) is 5.69 Å². The fourth-order valence-corrected chi connectivity index (χ4v) is 2.69. The third kappa shape index (κ3) is 4.54. The molecule has 1 heterocycles. The Bertz CT molecular complexity index is 907. The van der Waals surface area contributed by atoms with Gasteiger partial charge in [-0.05, 0) is 17.2 Å². The van der Waals surface area contributed by atoms with Crippen LogP contribution in [-0.2, 0) is 24.3 Å². The zero-order chi connectivity index (χ0) is 18.4. The van der Waals surface area contributed by atoms with Crippen molar-refractivity contribution in [2.24, 2.45) is 0 Å². The second kappa shape index (κ2) is 8.06. The molecule has 2 aromatic carbocycles. The second-order valence-corrected chi connectivity index (χ2v) is 5.86. The predicted molar refractivity (Wildman–Crippen MR) is 96.4 cm³/mol. The summed E-state index contributed by atoms with van der Waals surface area (Å²) in [5, 5.41) is 18.0. The van der Waals surface area contributed by atoms with Gasteiger partial charge in [-0.2, -0.15) is 5.10 Å². The third-order valence-corrected chi connectivity index (χ3v) is 3.92. The molecule has 3 rings (SSSR count). The van der Waals surface area contributed by atoms with E-state index in [0.29, 0.717) is 18.7 Å². The molecular weight excluding hydrogens is 332 g/mol. The highest BCUT2D eigenvalue weighted by molar-refractivity contribution is 5.79. The first-order valence-corrected chi connectivity index (χ1v) is 8.16. The lowest BCUT2D eigenvalue weighted by Crippen LogP contribution is -2.25. The van der Waals surface area contributed by atoms with E-state index >= 15 is 0 Å². The summed E-state index contributed by atoms with van der Waals surface area (Å²) < 4.78 is 1.83. The number of hydrogen-bond acceptors (Lipinski definition) is 4. The van der Waals surface area contributed by atoms with Gasteiger partial charge in [0.15, 0.2) is 0 Å². The monoisotopic (exact) mass is 350 g/mol. The Morgan fingerprint density at radius 3 is 2.69 bits per heavy atom. The number of nitro groups is 1. The fraction of sp³-hybridized carbons (Fsp3) is 0.158. The number of benzene rings is 2. The van der Waals surface area contributed by atoms with Crippen molar-refractivity contribution in [2.45, 2.75) is 19.5 Å². The number of para-hydroxylation sites is 1. The van der Waals surface area contributed by atoms with E-state index in [1.54, 1.807) is 24.4 Å². The van der Waals surface area contributed by atoms with Crippen LogP contribution in [0.2, 0.25) is 0 Å². The van der Waals surface area contributed by atoms with Crippen molar-refractivity contribution in [1.29, 1.82) is 0 Å². The second-order valence-electron chi connectivity index (χ2n) is 5.86. The predicted octanol–water partition coefficient (Wildman–Crippen LogP) is 2.70. The Kier molecular flexibility index (Phi) is 5.38. The smallest absolute Gasteiger partial charge is 0.273 e. The zero-order valence-corrected chi connectivity index (χ0v) is 14.0. The molecular formula is C19H18N4O3. The lowest BCUT2D eigenvalue weighted by molar-refractivity contribution is -0.385. The van der Waals surface area contributed by atoms with Crippen molar-refractivity contribution in [2.75, 3.05) is 0 Å². The Morgan fingerprint density at radius 2 is 1.92 bits per heavy atom. The van der Waals surface area contributed by atoms with E-state index in [0.717, 1.165) is 11.1 Å². The quantitative estimate of drug-likeness (QED) is 0.524. The molecule has 0 aliphatic heterocycles. The number of amides is 1. The molecule has 0 radical (unpaired) electrons. The number of aromatic nitrogens is 2. The molecule has 3 aromatic rings. The number of hydrogen-bond donors (Lipinski definition) is 1. The number of rotatable bonds is 7. The molecule has 1 N–H and O–H groups in total. The van der Waals surface area contributed by atoms with Crippen molar-refractivity contribution < 1.29 is 9.72 Å². The van der Waals surface area contributed by atoms with Gasteiger partial charge in [0.1, 0.15) is 0 Å². The molecule has 0 fully saturated rings. The summed E-state index contributed by atoms with van der Waals surface area (Å²) in [6, 6.07) is 16.0. The fourth-order valence-electron chi connectivity index (χ4n) is 2.69. The maximum absolute atomic E-state index is 12.2. The van der Waals surface area contributed by atoms with Gasteiger partial charge in [-0.1, -0.05) is 42.5 Å². The summed E-state index contributed by atoms with van der Waals surface area (Å²) in [6.45, 7) is 1.03. The zero-order valence-electron chi connectivity index (χ0n) is 14.0. The molecule has 0 atom stereocenters. The minimum Gasteiger partial charge on any atom is -0.352 e. The summed E-state index contributed by atoms with van der Waals surface area (Å²) in [5.41, 5.74) is 2.41. The first-order chi connectivity index (χ1) is 12.6. The molecule has 1 amide bonds. The Balaban J connectivity index is 1.59. The molecule has 0 spiro atoms. The van der Waals surface area contributed by atoms with Gasteiger partial charge in [0, 0.05) is 30.6 Å². The van der Waals surface area contributed by atoms with E-state index < -0.39 is 4.92 Å². The average molecular weight is 350 g/mol. The largest absolute Gasteiger partial charge is 0.352 e. The summed E-state index contributed by atoms with van der Waals surface area (Å²) >= 11 is 0. The molecule has 1 aromatic heterocycles. The number of nitro benzene ring substituents is 1. The van der Waals surface area contributed by atoms with Crippen LogP contribution in [0.4, 0.5) is 5.69 Å².